The Morgan fingerprint density at radius 2 is 1.80 bits per heavy atom. The Balaban J connectivity index is 2.31. The van der Waals surface area contributed by atoms with Gasteiger partial charge in [-0.25, -0.2) is 13.1 Å². The molecule has 0 heterocycles. The average Bonchev–Trinajstić information content (AvgIpc) is 2.60. The third-order valence-electron chi connectivity index (χ3n) is 3.51. The lowest BCUT2D eigenvalue weighted by Gasteiger charge is -2.20. The molecule has 2 aromatic rings. The van der Waals surface area contributed by atoms with Gasteiger partial charge in [0.25, 0.3) is 0 Å². The van der Waals surface area contributed by atoms with Crippen LogP contribution in [0.2, 0.25) is 0 Å². The van der Waals surface area contributed by atoms with Crippen LogP contribution in [0.25, 0.3) is 0 Å². The van der Waals surface area contributed by atoms with Gasteiger partial charge in [0.2, 0.25) is 10.0 Å². The molecular weight excluding hydrogens is 350 g/mol. The van der Waals surface area contributed by atoms with Gasteiger partial charge in [0, 0.05) is 5.56 Å². The lowest BCUT2D eigenvalue weighted by molar-refractivity contribution is -0.0506. The molecular formula is C17H16F2N2O3S. The quantitative estimate of drug-likeness (QED) is 0.812. The summed E-state index contributed by atoms with van der Waals surface area (Å²) in [5.74, 6) is -0.0770. The summed E-state index contributed by atoms with van der Waals surface area (Å²) < 4.78 is 57.1. The van der Waals surface area contributed by atoms with E-state index in [2.05, 4.69) is 9.46 Å². The summed E-state index contributed by atoms with van der Waals surface area (Å²) in [6.45, 7) is -1.28. The van der Waals surface area contributed by atoms with Crippen molar-refractivity contribution in [3.63, 3.8) is 0 Å². The molecule has 0 fully saturated rings. The third-order valence-corrected chi connectivity index (χ3v) is 5.00. The van der Waals surface area contributed by atoms with Gasteiger partial charge >= 0.3 is 6.61 Å². The molecule has 8 heteroatoms. The molecule has 0 unspecified atom stereocenters. The monoisotopic (exact) mass is 366 g/mol. The summed E-state index contributed by atoms with van der Waals surface area (Å²) in [5.41, 5.74) is 0.657. The first-order valence-corrected chi connectivity index (χ1v) is 8.92. The number of rotatable bonds is 7. The predicted octanol–water partition coefficient (Wildman–Crippen LogP) is 3.59. The number of alkyl halides is 2. The minimum Gasteiger partial charge on any atom is -0.434 e. The van der Waals surface area contributed by atoms with E-state index in [1.807, 2.05) is 6.07 Å². The van der Waals surface area contributed by atoms with Crippen LogP contribution in [-0.4, -0.2) is 15.0 Å². The van der Waals surface area contributed by atoms with Crippen LogP contribution in [0, 0.1) is 11.3 Å². The first kappa shape index (κ1) is 18.8. The SMILES string of the molecule is CC[C@H](NS(=O)(=O)c1ccc(C#N)cc1)c1ccccc1OC(F)F. The van der Waals surface area contributed by atoms with Crippen LogP contribution >= 0.6 is 0 Å². The van der Waals surface area contributed by atoms with Crippen LogP contribution in [0.15, 0.2) is 53.4 Å². The highest BCUT2D eigenvalue weighted by Gasteiger charge is 2.23. The van der Waals surface area contributed by atoms with Crippen molar-refractivity contribution in [2.45, 2.75) is 30.9 Å². The highest BCUT2D eigenvalue weighted by atomic mass is 32.2. The number of halogens is 2. The van der Waals surface area contributed by atoms with E-state index in [0.29, 0.717) is 17.5 Å². The molecule has 1 atom stereocenters. The van der Waals surface area contributed by atoms with Crippen molar-refractivity contribution >= 4 is 10.0 Å². The van der Waals surface area contributed by atoms with Crippen LogP contribution in [0.5, 0.6) is 5.75 Å². The highest BCUT2D eigenvalue weighted by molar-refractivity contribution is 7.89. The number of nitriles is 1. The normalized spacial score (nSPS) is 12.6. The van der Waals surface area contributed by atoms with Gasteiger partial charge in [-0.3, -0.25) is 0 Å². The van der Waals surface area contributed by atoms with Crippen LogP contribution in [-0.2, 0) is 10.0 Å². The maximum Gasteiger partial charge on any atom is 0.387 e. The first-order chi connectivity index (χ1) is 11.9. The minimum atomic E-state index is -3.89. The molecule has 0 amide bonds. The molecule has 0 saturated heterocycles. The lowest BCUT2D eigenvalue weighted by Crippen LogP contribution is -2.28. The smallest absolute Gasteiger partial charge is 0.387 e. The summed E-state index contributed by atoms with van der Waals surface area (Å²) in [5, 5.41) is 8.78. The van der Waals surface area contributed by atoms with Gasteiger partial charge in [0.15, 0.2) is 0 Å². The summed E-state index contributed by atoms with van der Waals surface area (Å²) >= 11 is 0. The van der Waals surface area contributed by atoms with Crippen molar-refractivity contribution in [1.82, 2.24) is 4.72 Å². The second-order valence-electron chi connectivity index (χ2n) is 5.13. The van der Waals surface area contributed by atoms with E-state index >= 15 is 0 Å². The molecule has 25 heavy (non-hydrogen) atoms. The fourth-order valence-corrected chi connectivity index (χ4v) is 3.60. The fourth-order valence-electron chi connectivity index (χ4n) is 2.30. The van der Waals surface area contributed by atoms with Gasteiger partial charge in [-0.05, 0) is 36.8 Å². The van der Waals surface area contributed by atoms with Gasteiger partial charge in [0.05, 0.1) is 22.6 Å². The second kappa shape index (κ2) is 8.05. The van der Waals surface area contributed by atoms with Gasteiger partial charge in [-0.2, -0.15) is 14.0 Å². The summed E-state index contributed by atoms with van der Waals surface area (Å²) in [7, 11) is -3.89. The fraction of sp³-hybridized carbons (Fsp3) is 0.235. The second-order valence-corrected chi connectivity index (χ2v) is 6.85. The highest BCUT2D eigenvalue weighted by Crippen LogP contribution is 2.29. The van der Waals surface area contributed by atoms with E-state index in [0.717, 1.165) is 0 Å². The Bertz CT molecular complexity index is 862. The number of para-hydroxylation sites is 1. The molecule has 0 aliphatic rings. The largest absolute Gasteiger partial charge is 0.434 e. The van der Waals surface area contributed by atoms with Crippen molar-refractivity contribution in [3.05, 3.63) is 59.7 Å². The maximum atomic E-state index is 12.6. The molecule has 0 bridgehead atoms. The van der Waals surface area contributed by atoms with Gasteiger partial charge in [-0.1, -0.05) is 25.1 Å². The molecule has 1 N–H and O–H groups in total. The van der Waals surface area contributed by atoms with Gasteiger partial charge < -0.3 is 4.74 Å². The zero-order valence-electron chi connectivity index (χ0n) is 13.3. The zero-order valence-corrected chi connectivity index (χ0v) is 14.1. The molecule has 2 rings (SSSR count). The predicted molar refractivity (Wildman–Crippen MR) is 87.6 cm³/mol. The first-order valence-electron chi connectivity index (χ1n) is 7.43. The number of sulfonamides is 1. The van der Waals surface area contributed by atoms with E-state index in [1.165, 1.54) is 42.5 Å². The number of nitrogens with one attached hydrogen (secondary N) is 1. The minimum absolute atomic E-state index is 0.0165. The Labute approximate surface area is 144 Å². The molecule has 0 saturated carbocycles. The van der Waals surface area contributed by atoms with Crippen LogP contribution in [0.4, 0.5) is 8.78 Å². The van der Waals surface area contributed by atoms with Crippen LogP contribution in [0.1, 0.15) is 30.5 Å². The lowest BCUT2D eigenvalue weighted by atomic mass is 10.0. The zero-order chi connectivity index (χ0) is 18.4. The Hall–Kier alpha value is -2.50. The molecule has 5 nitrogen and oxygen atoms in total. The number of nitrogens with zero attached hydrogens (tertiary/aromatic N) is 1. The molecule has 0 spiro atoms. The number of ether oxygens (including phenoxy) is 1. The van der Waals surface area contributed by atoms with Crippen molar-refractivity contribution < 1.29 is 21.9 Å². The summed E-state index contributed by atoms with van der Waals surface area (Å²) in [4.78, 5) is -0.0165. The summed E-state index contributed by atoms with van der Waals surface area (Å²) in [6, 6.07) is 12.6. The van der Waals surface area contributed by atoms with Gasteiger partial charge in [0.1, 0.15) is 5.75 Å². The van der Waals surface area contributed by atoms with E-state index in [1.54, 1.807) is 13.0 Å². The van der Waals surface area contributed by atoms with Crippen LogP contribution < -0.4 is 9.46 Å². The van der Waals surface area contributed by atoms with E-state index in [4.69, 9.17) is 5.26 Å². The van der Waals surface area contributed by atoms with E-state index < -0.39 is 22.7 Å². The molecule has 0 aliphatic heterocycles. The van der Waals surface area contributed by atoms with Crippen molar-refractivity contribution in [1.29, 1.82) is 5.26 Å². The number of hydrogen-bond donors (Lipinski definition) is 1. The van der Waals surface area contributed by atoms with E-state index in [9.17, 15) is 17.2 Å². The van der Waals surface area contributed by atoms with E-state index in [-0.39, 0.29) is 10.6 Å². The molecule has 0 aromatic heterocycles. The number of benzene rings is 2. The maximum absolute atomic E-state index is 12.6. The Morgan fingerprint density at radius 1 is 1.16 bits per heavy atom. The van der Waals surface area contributed by atoms with Crippen LogP contribution in [0.3, 0.4) is 0 Å². The third kappa shape index (κ3) is 4.75. The Kier molecular flexibility index (Phi) is 6.07. The molecule has 132 valence electrons. The molecule has 2 aromatic carbocycles. The molecule has 0 radical (unpaired) electrons. The van der Waals surface area contributed by atoms with Crippen molar-refractivity contribution in [3.8, 4) is 11.8 Å². The Morgan fingerprint density at radius 3 is 2.36 bits per heavy atom. The van der Waals surface area contributed by atoms with Gasteiger partial charge in [-0.15, -0.1) is 0 Å². The summed E-state index contributed by atoms with van der Waals surface area (Å²) in [6.07, 6.45) is 0.332. The standard InChI is InChI=1S/C17H16F2N2O3S/c1-2-15(14-5-3-4-6-16(14)24-17(18)19)21-25(22,23)13-9-7-12(11-20)8-10-13/h3-10,15,17,21H,2H2,1H3/t15-/m0/s1. The molecule has 0 aliphatic carbocycles. The topological polar surface area (TPSA) is 79.2 Å². The van der Waals surface area contributed by atoms with Crippen molar-refractivity contribution in [2.75, 3.05) is 0 Å². The number of hydrogen-bond acceptors (Lipinski definition) is 4. The average molecular weight is 366 g/mol. The van der Waals surface area contributed by atoms with Crippen molar-refractivity contribution in [2.24, 2.45) is 0 Å².